The van der Waals surface area contributed by atoms with E-state index in [0.29, 0.717) is 17.8 Å². The molecule has 4 heteroatoms. The van der Waals surface area contributed by atoms with Crippen LogP contribution in [-0.2, 0) is 9.53 Å². The molecule has 2 aliphatic heterocycles. The van der Waals surface area contributed by atoms with Gasteiger partial charge in [-0.25, -0.2) is 0 Å². The van der Waals surface area contributed by atoms with Gasteiger partial charge in [-0.2, -0.15) is 0 Å². The number of hydrogen-bond acceptors (Lipinski definition) is 4. The molecule has 0 aromatic heterocycles. The van der Waals surface area contributed by atoms with E-state index in [0.717, 1.165) is 18.6 Å². The maximum Gasteiger partial charge on any atom is 0.204 e. The van der Waals surface area contributed by atoms with Crippen LogP contribution in [0.4, 0.5) is 0 Å². The Kier molecular flexibility index (Phi) is 2.44. The first kappa shape index (κ1) is 7.95. The first-order valence-corrected chi connectivity index (χ1v) is 6.13. The molecular weight excluding hydrogens is 180 g/mol. The summed E-state index contributed by atoms with van der Waals surface area (Å²) < 4.78 is 5.46. The fraction of sp³-hybridized carbons (Fsp3) is 0.857. The zero-order valence-electron chi connectivity index (χ0n) is 6.12. The topological polar surface area (TPSA) is 26.3 Å². The molecule has 0 amide bonds. The monoisotopic (exact) mass is 190 g/mol. The summed E-state index contributed by atoms with van der Waals surface area (Å²) in [6.45, 7) is 0.664. The van der Waals surface area contributed by atoms with Gasteiger partial charge >= 0.3 is 0 Å². The van der Waals surface area contributed by atoms with Crippen molar-refractivity contribution in [3.05, 3.63) is 0 Å². The normalized spacial score (nSPS) is 38.4. The second-order valence-electron chi connectivity index (χ2n) is 2.90. The van der Waals surface area contributed by atoms with Gasteiger partial charge in [0.2, 0.25) is 5.12 Å². The summed E-state index contributed by atoms with van der Waals surface area (Å²) in [6, 6.07) is 0. The molecule has 2 fully saturated rings. The van der Waals surface area contributed by atoms with Crippen molar-refractivity contribution in [3.8, 4) is 0 Å². The lowest BCUT2D eigenvalue weighted by Crippen LogP contribution is -2.12. The third kappa shape index (κ3) is 1.73. The van der Waals surface area contributed by atoms with Gasteiger partial charge in [-0.05, 0) is 23.6 Å². The van der Waals surface area contributed by atoms with E-state index in [1.165, 1.54) is 10.8 Å². The Hall–Kier alpha value is 0.330. The first-order chi connectivity index (χ1) is 5.36. The zero-order valence-corrected chi connectivity index (χ0v) is 7.75. The van der Waals surface area contributed by atoms with E-state index in [2.05, 4.69) is 0 Å². The molecule has 0 N–H and O–H groups in total. The molecule has 0 spiro atoms. The van der Waals surface area contributed by atoms with E-state index in [9.17, 15) is 4.79 Å². The minimum Gasteiger partial charge on any atom is -0.377 e. The van der Waals surface area contributed by atoms with Crippen molar-refractivity contribution >= 4 is 26.7 Å². The molecule has 0 aliphatic carbocycles. The van der Waals surface area contributed by atoms with Crippen LogP contribution in [0, 0.1) is 5.92 Å². The molecule has 0 radical (unpaired) electrons. The van der Waals surface area contributed by atoms with Crippen LogP contribution in [0.1, 0.15) is 12.8 Å². The van der Waals surface area contributed by atoms with Crippen LogP contribution in [-0.4, -0.2) is 23.6 Å². The minimum atomic E-state index is 0.192. The summed E-state index contributed by atoms with van der Waals surface area (Å²) in [4.78, 5) is 11.3. The Morgan fingerprint density at radius 1 is 1.55 bits per heavy atom. The third-order valence-corrected chi connectivity index (χ3v) is 4.44. The fourth-order valence-electron chi connectivity index (χ4n) is 1.42. The quantitative estimate of drug-likeness (QED) is 0.543. The lowest BCUT2D eigenvalue weighted by molar-refractivity contribution is -0.114. The zero-order chi connectivity index (χ0) is 7.68. The number of fused-ring (bicyclic) bond motifs is 2. The summed E-state index contributed by atoms with van der Waals surface area (Å²) in [6.07, 6.45) is 2.45. The maximum atomic E-state index is 11.3. The van der Waals surface area contributed by atoms with E-state index >= 15 is 0 Å². The smallest absolute Gasteiger partial charge is 0.204 e. The SMILES string of the molecule is O=C1SSCCC2CC1CO2. The highest BCUT2D eigenvalue weighted by atomic mass is 33.1. The summed E-state index contributed by atoms with van der Waals surface area (Å²) in [5.74, 6) is 1.24. The summed E-state index contributed by atoms with van der Waals surface area (Å²) in [5, 5.41) is 0.317. The third-order valence-electron chi connectivity index (χ3n) is 2.08. The van der Waals surface area contributed by atoms with Crippen molar-refractivity contribution in [2.45, 2.75) is 18.9 Å². The van der Waals surface area contributed by atoms with Gasteiger partial charge in [0.1, 0.15) is 0 Å². The van der Waals surface area contributed by atoms with E-state index in [1.807, 2.05) is 0 Å². The largest absolute Gasteiger partial charge is 0.377 e. The molecule has 11 heavy (non-hydrogen) atoms. The fourth-order valence-corrected chi connectivity index (χ4v) is 3.57. The molecule has 2 rings (SSSR count). The van der Waals surface area contributed by atoms with Crippen molar-refractivity contribution in [1.82, 2.24) is 0 Å². The second-order valence-corrected chi connectivity index (χ2v) is 5.32. The maximum absolute atomic E-state index is 11.3. The standard InChI is InChI=1S/C7H10O2S2/c8-7-5-3-6(9-4-5)1-2-10-11-7/h5-6H,1-4H2. The number of ether oxygens (including phenoxy) is 1. The Labute approximate surface area is 73.8 Å². The van der Waals surface area contributed by atoms with Crippen molar-refractivity contribution in [2.75, 3.05) is 12.4 Å². The number of carbonyl (C=O) groups is 1. The first-order valence-electron chi connectivity index (χ1n) is 3.81. The Morgan fingerprint density at radius 3 is 3.36 bits per heavy atom. The molecule has 62 valence electrons. The molecule has 2 aliphatic rings. The highest BCUT2D eigenvalue weighted by Gasteiger charge is 2.32. The lowest BCUT2D eigenvalue weighted by atomic mass is 10.1. The highest BCUT2D eigenvalue weighted by molar-refractivity contribution is 8.82. The lowest BCUT2D eigenvalue weighted by Gasteiger charge is -2.11. The van der Waals surface area contributed by atoms with Gasteiger partial charge in [-0.1, -0.05) is 10.8 Å². The van der Waals surface area contributed by atoms with Gasteiger partial charge in [0.25, 0.3) is 0 Å². The van der Waals surface area contributed by atoms with Crippen LogP contribution < -0.4 is 0 Å². The average Bonchev–Trinajstić information content (AvgIpc) is 2.44. The minimum absolute atomic E-state index is 0.192. The Balaban J connectivity index is 2.03. The van der Waals surface area contributed by atoms with Crippen LogP contribution in [0.3, 0.4) is 0 Å². The van der Waals surface area contributed by atoms with Gasteiger partial charge in [0.05, 0.1) is 18.6 Å². The summed E-state index contributed by atoms with van der Waals surface area (Å²) in [5.41, 5.74) is 0. The Morgan fingerprint density at radius 2 is 2.45 bits per heavy atom. The van der Waals surface area contributed by atoms with Gasteiger partial charge < -0.3 is 4.74 Å². The van der Waals surface area contributed by atoms with E-state index in [4.69, 9.17) is 4.74 Å². The molecule has 2 atom stereocenters. The predicted octanol–water partition coefficient (Wildman–Crippen LogP) is 1.70. The van der Waals surface area contributed by atoms with E-state index < -0.39 is 0 Å². The van der Waals surface area contributed by atoms with Crippen LogP contribution in [0.15, 0.2) is 0 Å². The van der Waals surface area contributed by atoms with Crippen molar-refractivity contribution in [1.29, 1.82) is 0 Å². The number of hydrogen-bond donors (Lipinski definition) is 0. The van der Waals surface area contributed by atoms with Gasteiger partial charge in [-0.3, -0.25) is 4.79 Å². The summed E-state index contributed by atoms with van der Waals surface area (Å²) >= 11 is 0. The van der Waals surface area contributed by atoms with Crippen molar-refractivity contribution < 1.29 is 9.53 Å². The van der Waals surface area contributed by atoms with Gasteiger partial charge in [-0.15, -0.1) is 0 Å². The second kappa shape index (κ2) is 3.37. The molecule has 2 saturated heterocycles. The average molecular weight is 190 g/mol. The molecule has 0 aromatic rings. The summed E-state index contributed by atoms with van der Waals surface area (Å²) in [7, 11) is 3.08. The molecule has 2 unspecified atom stereocenters. The molecule has 0 aromatic carbocycles. The number of carbonyl (C=O) groups excluding carboxylic acids is 1. The van der Waals surface area contributed by atoms with Crippen LogP contribution in [0.5, 0.6) is 0 Å². The number of rotatable bonds is 0. The van der Waals surface area contributed by atoms with E-state index in [-0.39, 0.29) is 5.92 Å². The van der Waals surface area contributed by atoms with Crippen LogP contribution in [0.2, 0.25) is 0 Å². The van der Waals surface area contributed by atoms with Crippen LogP contribution >= 0.6 is 21.6 Å². The molecule has 2 heterocycles. The molecule has 0 saturated carbocycles. The molecule has 2 bridgehead atoms. The van der Waals surface area contributed by atoms with Crippen molar-refractivity contribution in [3.63, 3.8) is 0 Å². The highest BCUT2D eigenvalue weighted by Crippen LogP contribution is 2.36. The predicted molar refractivity (Wildman–Crippen MR) is 47.5 cm³/mol. The van der Waals surface area contributed by atoms with Gasteiger partial charge in [0.15, 0.2) is 0 Å². The van der Waals surface area contributed by atoms with Crippen LogP contribution in [0.25, 0.3) is 0 Å². The molecular formula is C7H10O2S2. The van der Waals surface area contributed by atoms with Gasteiger partial charge in [0, 0.05) is 5.75 Å². The molecule has 2 nitrogen and oxygen atoms in total. The van der Waals surface area contributed by atoms with Crippen molar-refractivity contribution in [2.24, 2.45) is 5.92 Å². The Bertz CT molecular complexity index is 172. The van der Waals surface area contributed by atoms with E-state index in [1.54, 1.807) is 10.8 Å².